The Bertz CT molecular complexity index is 796. The van der Waals surface area contributed by atoms with Crippen LogP contribution in [0.4, 0.5) is 20.6 Å². The number of aromatic nitrogens is 1. The van der Waals surface area contributed by atoms with Crippen molar-refractivity contribution < 1.29 is 18.7 Å². The first-order valence-corrected chi connectivity index (χ1v) is 8.65. The number of rotatable bonds is 4. The standard InChI is InChI=1S/C19H21FN4O3/c1-13-2-5-16(11-21-13)22-18(25)10-17-12-27-9-8-24(17)19(26)23-15-6-3-14(20)4-7-15/h2-7,11,17H,8-10,12H2,1H3,(H,22,25)(H,23,26). The summed E-state index contributed by atoms with van der Waals surface area (Å²) in [5.74, 6) is -0.602. The van der Waals surface area contributed by atoms with Crippen molar-refractivity contribution in [1.82, 2.24) is 9.88 Å². The summed E-state index contributed by atoms with van der Waals surface area (Å²) in [6, 6.07) is 8.36. The molecule has 1 unspecified atom stereocenters. The summed E-state index contributed by atoms with van der Waals surface area (Å²) in [6.45, 7) is 2.91. The lowest BCUT2D eigenvalue weighted by atomic mass is 10.1. The van der Waals surface area contributed by atoms with E-state index in [0.717, 1.165) is 5.69 Å². The maximum atomic E-state index is 13.0. The summed E-state index contributed by atoms with van der Waals surface area (Å²) >= 11 is 0. The number of carbonyl (C=O) groups is 2. The van der Waals surface area contributed by atoms with E-state index in [9.17, 15) is 14.0 Å². The van der Waals surface area contributed by atoms with Crippen LogP contribution in [-0.4, -0.2) is 47.6 Å². The van der Waals surface area contributed by atoms with E-state index in [1.807, 2.05) is 13.0 Å². The minimum Gasteiger partial charge on any atom is -0.377 e. The molecule has 0 saturated carbocycles. The summed E-state index contributed by atoms with van der Waals surface area (Å²) in [4.78, 5) is 30.6. The summed E-state index contributed by atoms with van der Waals surface area (Å²) in [7, 11) is 0. The molecular formula is C19H21FN4O3. The van der Waals surface area contributed by atoms with Crippen LogP contribution in [0.1, 0.15) is 12.1 Å². The fourth-order valence-corrected chi connectivity index (χ4v) is 2.79. The molecule has 1 saturated heterocycles. The lowest BCUT2D eigenvalue weighted by Gasteiger charge is -2.35. The molecule has 0 spiro atoms. The van der Waals surface area contributed by atoms with Gasteiger partial charge in [-0.1, -0.05) is 0 Å². The molecule has 1 aromatic carbocycles. The molecule has 3 rings (SSSR count). The van der Waals surface area contributed by atoms with Crippen molar-refractivity contribution in [3.8, 4) is 0 Å². The number of halogens is 1. The van der Waals surface area contributed by atoms with E-state index in [1.165, 1.54) is 24.3 Å². The van der Waals surface area contributed by atoms with Crippen LogP contribution < -0.4 is 10.6 Å². The molecule has 1 fully saturated rings. The Morgan fingerprint density at radius 3 is 2.63 bits per heavy atom. The maximum Gasteiger partial charge on any atom is 0.322 e. The number of urea groups is 1. The summed E-state index contributed by atoms with van der Waals surface area (Å²) in [5, 5.41) is 5.50. The lowest BCUT2D eigenvalue weighted by molar-refractivity contribution is -0.118. The molecule has 3 amide bonds. The highest BCUT2D eigenvalue weighted by atomic mass is 19.1. The number of pyridine rings is 1. The first-order chi connectivity index (χ1) is 13.0. The number of benzene rings is 1. The van der Waals surface area contributed by atoms with E-state index in [0.29, 0.717) is 24.5 Å². The number of carbonyl (C=O) groups excluding carboxylic acids is 2. The van der Waals surface area contributed by atoms with Gasteiger partial charge in [-0.3, -0.25) is 9.78 Å². The summed E-state index contributed by atoms with van der Waals surface area (Å²) in [5.41, 5.74) is 1.95. The van der Waals surface area contributed by atoms with Gasteiger partial charge in [0.1, 0.15) is 5.82 Å². The third-order valence-electron chi connectivity index (χ3n) is 4.20. The van der Waals surface area contributed by atoms with E-state index in [4.69, 9.17) is 4.74 Å². The second kappa shape index (κ2) is 8.59. The van der Waals surface area contributed by atoms with Crippen LogP contribution in [0.25, 0.3) is 0 Å². The Labute approximate surface area is 156 Å². The molecule has 1 aliphatic heterocycles. The molecule has 142 valence electrons. The highest BCUT2D eigenvalue weighted by molar-refractivity contribution is 5.93. The first kappa shape index (κ1) is 18.8. The molecule has 0 aliphatic carbocycles. The van der Waals surface area contributed by atoms with Gasteiger partial charge in [-0.15, -0.1) is 0 Å². The van der Waals surface area contributed by atoms with Crippen molar-refractivity contribution in [3.63, 3.8) is 0 Å². The number of nitrogens with one attached hydrogen (secondary N) is 2. The van der Waals surface area contributed by atoms with Gasteiger partial charge < -0.3 is 20.3 Å². The van der Waals surface area contributed by atoms with Crippen LogP contribution in [-0.2, 0) is 9.53 Å². The van der Waals surface area contributed by atoms with Crippen LogP contribution >= 0.6 is 0 Å². The number of ether oxygens (including phenoxy) is 1. The Kier molecular flexibility index (Phi) is 5.97. The summed E-state index contributed by atoms with van der Waals surface area (Å²) in [6.07, 6.45) is 1.69. The van der Waals surface area contributed by atoms with E-state index in [-0.39, 0.29) is 30.8 Å². The average molecular weight is 372 g/mol. The molecule has 0 radical (unpaired) electrons. The van der Waals surface area contributed by atoms with E-state index < -0.39 is 6.04 Å². The number of amides is 3. The monoisotopic (exact) mass is 372 g/mol. The van der Waals surface area contributed by atoms with Crippen molar-refractivity contribution in [1.29, 1.82) is 0 Å². The molecule has 7 nitrogen and oxygen atoms in total. The van der Waals surface area contributed by atoms with Crippen LogP contribution in [0.15, 0.2) is 42.6 Å². The van der Waals surface area contributed by atoms with Gasteiger partial charge in [0, 0.05) is 24.3 Å². The minimum absolute atomic E-state index is 0.102. The normalized spacial score (nSPS) is 16.7. The molecule has 1 aliphatic rings. The van der Waals surface area contributed by atoms with Gasteiger partial charge in [0.05, 0.1) is 31.1 Å². The Hall–Kier alpha value is -3.00. The quantitative estimate of drug-likeness (QED) is 0.864. The molecule has 2 aromatic rings. The van der Waals surface area contributed by atoms with Crippen molar-refractivity contribution >= 4 is 23.3 Å². The summed E-state index contributed by atoms with van der Waals surface area (Å²) < 4.78 is 18.4. The molecule has 0 bridgehead atoms. The zero-order valence-corrected chi connectivity index (χ0v) is 14.9. The Morgan fingerprint density at radius 1 is 1.19 bits per heavy atom. The van der Waals surface area contributed by atoms with Crippen LogP contribution in [0.5, 0.6) is 0 Å². The number of nitrogens with zero attached hydrogens (tertiary/aromatic N) is 2. The number of morpholine rings is 1. The van der Waals surface area contributed by atoms with E-state index in [2.05, 4.69) is 15.6 Å². The van der Waals surface area contributed by atoms with Crippen molar-refractivity contribution in [2.24, 2.45) is 0 Å². The Morgan fingerprint density at radius 2 is 1.93 bits per heavy atom. The van der Waals surface area contributed by atoms with E-state index >= 15 is 0 Å². The second-order valence-electron chi connectivity index (χ2n) is 6.30. The van der Waals surface area contributed by atoms with Crippen LogP contribution in [0.3, 0.4) is 0 Å². The Balaban J connectivity index is 1.60. The predicted octanol–water partition coefficient (Wildman–Crippen LogP) is 2.79. The predicted molar refractivity (Wildman–Crippen MR) is 99.0 cm³/mol. The number of aryl methyl sites for hydroxylation is 1. The molecule has 1 atom stereocenters. The van der Waals surface area contributed by atoms with Crippen molar-refractivity contribution in [2.45, 2.75) is 19.4 Å². The average Bonchev–Trinajstić information content (AvgIpc) is 2.66. The van der Waals surface area contributed by atoms with Crippen LogP contribution in [0, 0.1) is 12.7 Å². The zero-order valence-electron chi connectivity index (χ0n) is 14.9. The minimum atomic E-state index is -0.391. The number of anilines is 2. The van der Waals surface area contributed by atoms with Crippen LogP contribution in [0.2, 0.25) is 0 Å². The van der Waals surface area contributed by atoms with Gasteiger partial charge in [0.15, 0.2) is 0 Å². The van der Waals surface area contributed by atoms with Crippen molar-refractivity contribution in [3.05, 3.63) is 54.1 Å². The number of hydrogen-bond acceptors (Lipinski definition) is 4. The molecular weight excluding hydrogens is 351 g/mol. The molecule has 27 heavy (non-hydrogen) atoms. The number of hydrogen-bond donors (Lipinski definition) is 2. The molecule has 2 heterocycles. The molecule has 2 N–H and O–H groups in total. The van der Waals surface area contributed by atoms with Gasteiger partial charge in [0.2, 0.25) is 5.91 Å². The highest BCUT2D eigenvalue weighted by Crippen LogP contribution is 2.16. The third-order valence-corrected chi connectivity index (χ3v) is 4.20. The van der Waals surface area contributed by atoms with E-state index in [1.54, 1.807) is 17.2 Å². The van der Waals surface area contributed by atoms with Gasteiger partial charge in [-0.25, -0.2) is 9.18 Å². The van der Waals surface area contributed by atoms with Gasteiger partial charge in [-0.05, 0) is 43.3 Å². The second-order valence-corrected chi connectivity index (χ2v) is 6.30. The molecule has 8 heteroatoms. The smallest absolute Gasteiger partial charge is 0.322 e. The van der Waals surface area contributed by atoms with Gasteiger partial charge in [-0.2, -0.15) is 0 Å². The fourth-order valence-electron chi connectivity index (χ4n) is 2.79. The SMILES string of the molecule is Cc1ccc(NC(=O)CC2COCCN2C(=O)Nc2ccc(F)cc2)cn1. The third kappa shape index (κ3) is 5.24. The highest BCUT2D eigenvalue weighted by Gasteiger charge is 2.29. The topological polar surface area (TPSA) is 83.6 Å². The molecule has 1 aromatic heterocycles. The first-order valence-electron chi connectivity index (χ1n) is 8.65. The van der Waals surface area contributed by atoms with Gasteiger partial charge in [0.25, 0.3) is 0 Å². The fraction of sp³-hybridized carbons (Fsp3) is 0.316. The van der Waals surface area contributed by atoms with Crippen molar-refractivity contribution in [2.75, 3.05) is 30.4 Å². The maximum absolute atomic E-state index is 13.0. The largest absolute Gasteiger partial charge is 0.377 e. The lowest BCUT2D eigenvalue weighted by Crippen LogP contribution is -2.51. The zero-order chi connectivity index (χ0) is 19.2. The van der Waals surface area contributed by atoms with Gasteiger partial charge >= 0.3 is 6.03 Å².